The standard InChI is InChI=1S/C29H34BrN5O3/c30-23-16-33(29(38)32-27(23)36)26-28(37)35(25-10-2-1-9-24(25)31-26)22-14-19-7-4-8-20(15-22)34(19)21-12-17-5-3-6-18(11-17)13-21/h1-2,9-10,16-22H,3-8,11-15H2,(H,32,36,38)/t17-,18+,19-,20+,21?,22?. The van der Waals surface area contributed by atoms with Gasteiger partial charge in [-0.3, -0.25) is 19.5 Å². The zero-order chi connectivity index (χ0) is 26.0. The Hall–Kier alpha value is -2.52. The van der Waals surface area contributed by atoms with Crippen molar-refractivity contribution in [3.63, 3.8) is 0 Å². The Balaban J connectivity index is 1.29. The van der Waals surface area contributed by atoms with E-state index in [1.54, 1.807) is 0 Å². The van der Waals surface area contributed by atoms with Crippen LogP contribution in [0.15, 0.2) is 49.3 Å². The van der Waals surface area contributed by atoms with Crippen LogP contribution in [-0.2, 0) is 0 Å². The van der Waals surface area contributed by atoms with Gasteiger partial charge in [0.25, 0.3) is 11.1 Å². The van der Waals surface area contributed by atoms with Gasteiger partial charge in [-0.1, -0.05) is 37.8 Å². The lowest BCUT2D eigenvalue weighted by atomic mass is 9.68. The molecule has 1 aromatic carbocycles. The number of H-pyrrole nitrogens is 1. The van der Waals surface area contributed by atoms with E-state index in [0.29, 0.717) is 23.6 Å². The molecule has 2 aromatic heterocycles. The van der Waals surface area contributed by atoms with Crippen LogP contribution in [0, 0.1) is 11.8 Å². The van der Waals surface area contributed by atoms with Crippen molar-refractivity contribution in [1.29, 1.82) is 0 Å². The molecule has 2 saturated carbocycles. The first-order chi connectivity index (χ1) is 18.5. The van der Waals surface area contributed by atoms with Gasteiger partial charge in [0.15, 0.2) is 0 Å². The molecule has 2 aliphatic carbocycles. The summed E-state index contributed by atoms with van der Waals surface area (Å²) in [5, 5.41) is 0. The van der Waals surface area contributed by atoms with Gasteiger partial charge in [-0.05, 0) is 84.8 Å². The van der Waals surface area contributed by atoms with Gasteiger partial charge in [0.05, 0.1) is 15.5 Å². The van der Waals surface area contributed by atoms with Crippen LogP contribution in [0.25, 0.3) is 16.9 Å². The second-order valence-corrected chi connectivity index (χ2v) is 12.9. The molecule has 38 heavy (non-hydrogen) atoms. The molecular formula is C29H34BrN5O3. The summed E-state index contributed by atoms with van der Waals surface area (Å²) >= 11 is 3.20. The van der Waals surface area contributed by atoms with Crippen LogP contribution in [0.5, 0.6) is 0 Å². The van der Waals surface area contributed by atoms with Crippen LogP contribution in [0.1, 0.15) is 76.7 Å². The summed E-state index contributed by atoms with van der Waals surface area (Å²) in [5.74, 6) is 1.82. The summed E-state index contributed by atoms with van der Waals surface area (Å²) in [5.41, 5.74) is -0.00224. The fourth-order valence-corrected chi connectivity index (χ4v) is 8.71. The van der Waals surface area contributed by atoms with Crippen molar-refractivity contribution in [1.82, 2.24) is 24.0 Å². The highest BCUT2D eigenvalue weighted by Gasteiger charge is 2.45. The minimum Gasteiger partial charge on any atom is -0.300 e. The predicted octanol–water partition coefficient (Wildman–Crippen LogP) is 4.53. The molecule has 2 saturated heterocycles. The molecule has 0 amide bonds. The summed E-state index contributed by atoms with van der Waals surface area (Å²) in [6, 6.07) is 9.41. The number of nitrogens with zero attached hydrogens (tertiary/aromatic N) is 4. The van der Waals surface area contributed by atoms with E-state index < -0.39 is 11.2 Å². The summed E-state index contributed by atoms with van der Waals surface area (Å²) in [4.78, 5) is 48.5. The molecule has 7 rings (SSSR count). The quantitative estimate of drug-likeness (QED) is 0.492. The third-order valence-electron chi connectivity index (χ3n) is 9.80. The smallest absolute Gasteiger partial charge is 0.300 e. The first kappa shape index (κ1) is 24.5. The van der Waals surface area contributed by atoms with E-state index in [1.165, 1.54) is 64.0 Å². The second kappa shape index (κ2) is 9.59. The molecule has 4 fully saturated rings. The molecule has 9 heteroatoms. The van der Waals surface area contributed by atoms with Crippen molar-refractivity contribution < 1.29 is 0 Å². The molecule has 4 aliphatic rings. The van der Waals surface area contributed by atoms with E-state index >= 15 is 0 Å². The minimum atomic E-state index is -0.667. The van der Waals surface area contributed by atoms with Crippen molar-refractivity contribution in [3.8, 4) is 5.82 Å². The molecule has 4 bridgehead atoms. The Morgan fingerprint density at radius 3 is 2.24 bits per heavy atom. The minimum absolute atomic E-state index is 0.0262. The van der Waals surface area contributed by atoms with E-state index in [2.05, 4.69) is 30.8 Å². The lowest BCUT2D eigenvalue weighted by molar-refractivity contribution is -0.0485. The number of hydrogen-bond donors (Lipinski definition) is 1. The fourth-order valence-electron chi connectivity index (χ4n) is 8.40. The molecule has 0 radical (unpaired) electrons. The maximum absolute atomic E-state index is 14.1. The summed E-state index contributed by atoms with van der Waals surface area (Å²) in [7, 11) is 0. The average molecular weight is 581 g/mol. The number of hydrogen-bond acceptors (Lipinski definition) is 5. The van der Waals surface area contributed by atoms with Gasteiger partial charge in [-0.15, -0.1) is 0 Å². The Labute approximate surface area is 229 Å². The summed E-state index contributed by atoms with van der Waals surface area (Å²) in [6.45, 7) is 0. The normalized spacial score (nSPS) is 31.4. The largest absolute Gasteiger partial charge is 0.334 e. The van der Waals surface area contributed by atoms with Gasteiger partial charge in [0.1, 0.15) is 0 Å². The molecule has 2 unspecified atom stereocenters. The van der Waals surface area contributed by atoms with E-state index in [9.17, 15) is 14.4 Å². The van der Waals surface area contributed by atoms with Gasteiger partial charge in [-0.2, -0.15) is 0 Å². The van der Waals surface area contributed by atoms with Crippen molar-refractivity contribution in [2.24, 2.45) is 11.8 Å². The molecule has 4 heterocycles. The first-order valence-electron chi connectivity index (χ1n) is 14.3. The fraction of sp³-hybridized carbons (Fsp3) is 0.586. The van der Waals surface area contributed by atoms with Crippen molar-refractivity contribution in [2.75, 3.05) is 0 Å². The number of halogens is 1. The van der Waals surface area contributed by atoms with Gasteiger partial charge >= 0.3 is 5.69 Å². The van der Waals surface area contributed by atoms with E-state index in [-0.39, 0.29) is 21.9 Å². The average Bonchev–Trinajstić information content (AvgIpc) is 2.89. The molecule has 200 valence electrons. The highest BCUT2D eigenvalue weighted by Crippen LogP contribution is 2.47. The molecule has 1 N–H and O–H groups in total. The maximum atomic E-state index is 14.1. The summed E-state index contributed by atoms with van der Waals surface area (Å²) in [6.07, 6.45) is 15.2. The molecule has 6 atom stereocenters. The van der Waals surface area contributed by atoms with Gasteiger partial charge in [0, 0.05) is 30.4 Å². The third-order valence-corrected chi connectivity index (χ3v) is 10.4. The number of benzene rings is 1. The van der Waals surface area contributed by atoms with Gasteiger partial charge < -0.3 is 4.57 Å². The molecule has 8 nitrogen and oxygen atoms in total. The Morgan fingerprint density at radius 2 is 1.50 bits per heavy atom. The Bertz CT molecular complexity index is 1530. The number of para-hydroxylation sites is 2. The number of fused-ring (bicyclic) bond motifs is 5. The van der Waals surface area contributed by atoms with Crippen LogP contribution in [0.3, 0.4) is 0 Å². The second-order valence-electron chi connectivity index (χ2n) is 12.0. The van der Waals surface area contributed by atoms with Crippen LogP contribution >= 0.6 is 15.9 Å². The van der Waals surface area contributed by atoms with E-state index in [1.807, 2.05) is 28.8 Å². The van der Waals surface area contributed by atoms with Gasteiger partial charge in [-0.25, -0.2) is 14.3 Å². The number of aromatic nitrogens is 4. The zero-order valence-electron chi connectivity index (χ0n) is 21.5. The van der Waals surface area contributed by atoms with Crippen molar-refractivity contribution in [3.05, 3.63) is 66.1 Å². The number of piperidine rings is 2. The number of rotatable bonds is 3. The van der Waals surface area contributed by atoms with Crippen LogP contribution in [-0.4, -0.2) is 42.1 Å². The van der Waals surface area contributed by atoms with E-state index in [4.69, 9.17) is 0 Å². The molecule has 3 aromatic rings. The number of nitrogens with one attached hydrogen (secondary N) is 1. The first-order valence-corrected chi connectivity index (χ1v) is 15.1. The van der Waals surface area contributed by atoms with Gasteiger partial charge in [0.2, 0.25) is 5.82 Å². The molecule has 2 aliphatic heterocycles. The van der Waals surface area contributed by atoms with Crippen LogP contribution in [0.2, 0.25) is 0 Å². The van der Waals surface area contributed by atoms with E-state index in [0.717, 1.165) is 34.8 Å². The third kappa shape index (κ3) is 4.13. The highest BCUT2D eigenvalue weighted by atomic mass is 79.9. The van der Waals surface area contributed by atoms with Crippen LogP contribution < -0.4 is 16.8 Å². The maximum Gasteiger partial charge on any atom is 0.334 e. The lowest BCUT2D eigenvalue weighted by Crippen LogP contribution is -2.58. The molecule has 0 spiro atoms. The monoisotopic (exact) mass is 579 g/mol. The topological polar surface area (TPSA) is 93.0 Å². The number of aromatic amines is 1. The Morgan fingerprint density at radius 1 is 0.816 bits per heavy atom. The lowest BCUT2D eigenvalue weighted by Gasteiger charge is -2.55. The van der Waals surface area contributed by atoms with Crippen molar-refractivity contribution in [2.45, 2.75) is 94.8 Å². The van der Waals surface area contributed by atoms with Crippen LogP contribution in [0.4, 0.5) is 0 Å². The van der Waals surface area contributed by atoms with Crippen molar-refractivity contribution >= 4 is 27.0 Å². The SMILES string of the molecule is O=c1[nH]c(=O)n(-c2nc3ccccc3n(C3C[C@H]4CCC[C@@H](C3)N4C3C[C@H]4CCC[C@@H](C3)C4)c2=O)cc1Br. The zero-order valence-corrected chi connectivity index (χ0v) is 23.1. The molecular weight excluding hydrogens is 546 g/mol. The predicted molar refractivity (Wildman–Crippen MR) is 150 cm³/mol. The Kier molecular flexibility index (Phi) is 6.19. The highest BCUT2D eigenvalue weighted by molar-refractivity contribution is 9.10. The summed E-state index contributed by atoms with van der Waals surface area (Å²) < 4.78 is 3.24.